The summed E-state index contributed by atoms with van der Waals surface area (Å²) >= 11 is 5.45. The molecule has 1 heterocycles. The summed E-state index contributed by atoms with van der Waals surface area (Å²) in [6.07, 6.45) is 3.69. The topological polar surface area (TPSA) is 17.8 Å². The Morgan fingerprint density at radius 2 is 2.20 bits per heavy atom. The molecule has 78 valence electrons. The fourth-order valence-corrected chi connectivity index (χ4v) is 2.27. The zero-order valence-corrected chi connectivity index (χ0v) is 11.4. The minimum absolute atomic E-state index is 0.235. The summed E-state index contributed by atoms with van der Waals surface area (Å²) in [5, 5.41) is 4.14. The molecule has 0 aliphatic rings. The van der Waals surface area contributed by atoms with Crippen molar-refractivity contribution in [2.24, 2.45) is 0 Å². The van der Waals surface area contributed by atoms with Crippen molar-refractivity contribution >= 4 is 38.5 Å². The van der Waals surface area contributed by atoms with E-state index < -0.39 is 0 Å². The third-order valence-electron chi connectivity index (χ3n) is 1.87. The molecule has 2 rings (SSSR count). The Bertz CT molecular complexity index is 464. The average Bonchev–Trinajstić information content (AvgIpc) is 2.49. The summed E-state index contributed by atoms with van der Waals surface area (Å²) in [6, 6.07) is 4.84. The van der Waals surface area contributed by atoms with E-state index in [2.05, 4.69) is 43.6 Å². The first-order chi connectivity index (χ1) is 7.13. The Balaban J connectivity index is 2.24. The van der Waals surface area contributed by atoms with Gasteiger partial charge in [0.25, 0.3) is 0 Å². The van der Waals surface area contributed by atoms with Crippen molar-refractivity contribution in [2.45, 2.75) is 6.54 Å². The summed E-state index contributed by atoms with van der Waals surface area (Å²) in [6.45, 7) is 0.583. The number of aromatic nitrogens is 2. The van der Waals surface area contributed by atoms with Crippen LogP contribution in [-0.2, 0) is 6.54 Å². The first kappa shape index (κ1) is 11.1. The quantitative estimate of drug-likeness (QED) is 0.730. The Labute approximate surface area is 109 Å². The van der Waals surface area contributed by atoms with Crippen LogP contribution in [0.25, 0.3) is 0 Å². The molecule has 0 N–H and O–H groups in total. The van der Waals surface area contributed by atoms with Crippen LogP contribution < -0.4 is 0 Å². The first-order valence-corrected chi connectivity index (χ1v) is 6.13. The van der Waals surface area contributed by atoms with E-state index in [-0.39, 0.29) is 5.82 Å². The van der Waals surface area contributed by atoms with E-state index in [0.29, 0.717) is 6.54 Å². The van der Waals surface area contributed by atoms with E-state index in [9.17, 15) is 4.39 Å². The number of rotatable bonds is 2. The smallest absolute Gasteiger partial charge is 0.124 e. The van der Waals surface area contributed by atoms with E-state index in [4.69, 9.17) is 0 Å². The van der Waals surface area contributed by atoms with Gasteiger partial charge in [-0.05, 0) is 46.4 Å². The first-order valence-electron chi connectivity index (χ1n) is 4.26. The maximum absolute atomic E-state index is 13.1. The Hall–Kier alpha value is -0.430. The monoisotopic (exact) mass is 380 g/mol. The normalized spacial score (nSPS) is 10.6. The van der Waals surface area contributed by atoms with Gasteiger partial charge in [0.1, 0.15) is 5.82 Å². The SMILES string of the molecule is Fc1cc(Br)cc(Cn2cc(I)cn2)c1. The fourth-order valence-electron chi connectivity index (χ4n) is 1.31. The molecule has 0 spiro atoms. The van der Waals surface area contributed by atoms with Crippen molar-refractivity contribution < 1.29 is 4.39 Å². The van der Waals surface area contributed by atoms with Gasteiger partial charge in [-0.1, -0.05) is 15.9 Å². The molecule has 5 heteroatoms. The van der Waals surface area contributed by atoms with E-state index >= 15 is 0 Å². The molecule has 0 fully saturated rings. The van der Waals surface area contributed by atoms with Crippen LogP contribution in [0.4, 0.5) is 4.39 Å². The summed E-state index contributed by atoms with van der Waals surface area (Å²) < 4.78 is 16.7. The molecule has 1 aromatic heterocycles. The van der Waals surface area contributed by atoms with Crippen LogP contribution in [0, 0.1) is 9.39 Å². The highest BCUT2D eigenvalue weighted by Crippen LogP contribution is 2.15. The zero-order chi connectivity index (χ0) is 10.8. The van der Waals surface area contributed by atoms with Crippen molar-refractivity contribution in [3.8, 4) is 0 Å². The van der Waals surface area contributed by atoms with Crippen LogP contribution in [0.15, 0.2) is 35.1 Å². The molecule has 0 amide bonds. The molecule has 0 radical (unpaired) electrons. The largest absolute Gasteiger partial charge is 0.267 e. The highest BCUT2D eigenvalue weighted by Gasteiger charge is 2.01. The summed E-state index contributed by atoms with van der Waals surface area (Å²) in [5.74, 6) is -0.235. The standard InChI is InChI=1S/C10H7BrFIN2/c11-8-1-7(2-9(12)3-8)5-15-6-10(13)4-14-15/h1-4,6H,5H2. The second-order valence-electron chi connectivity index (χ2n) is 3.13. The van der Waals surface area contributed by atoms with E-state index in [1.165, 1.54) is 12.1 Å². The summed E-state index contributed by atoms with van der Waals surface area (Å²) in [4.78, 5) is 0. The maximum atomic E-state index is 13.1. The summed E-state index contributed by atoms with van der Waals surface area (Å²) in [7, 11) is 0. The number of nitrogens with zero attached hydrogens (tertiary/aromatic N) is 2. The minimum Gasteiger partial charge on any atom is -0.267 e. The molecule has 1 aromatic carbocycles. The molecule has 0 atom stereocenters. The molecule has 0 bridgehead atoms. The molecule has 0 saturated heterocycles. The van der Waals surface area contributed by atoms with Gasteiger partial charge in [-0.25, -0.2) is 4.39 Å². The van der Waals surface area contributed by atoms with E-state index in [0.717, 1.165) is 13.6 Å². The number of halogens is 3. The van der Waals surface area contributed by atoms with Crippen LogP contribution in [0.5, 0.6) is 0 Å². The van der Waals surface area contributed by atoms with Crippen molar-refractivity contribution in [2.75, 3.05) is 0 Å². The fraction of sp³-hybridized carbons (Fsp3) is 0.100. The van der Waals surface area contributed by atoms with Gasteiger partial charge in [0.15, 0.2) is 0 Å². The van der Waals surface area contributed by atoms with Gasteiger partial charge in [-0.3, -0.25) is 4.68 Å². The Morgan fingerprint density at radius 1 is 1.40 bits per heavy atom. The number of hydrogen-bond donors (Lipinski definition) is 0. The van der Waals surface area contributed by atoms with Gasteiger partial charge in [-0.15, -0.1) is 0 Å². The second-order valence-corrected chi connectivity index (χ2v) is 5.30. The predicted octanol–water partition coefficient (Wildman–Crippen LogP) is 3.44. The van der Waals surface area contributed by atoms with Crippen LogP contribution >= 0.6 is 38.5 Å². The molecule has 2 nitrogen and oxygen atoms in total. The second kappa shape index (κ2) is 4.61. The Morgan fingerprint density at radius 3 is 2.80 bits per heavy atom. The van der Waals surface area contributed by atoms with Gasteiger partial charge >= 0.3 is 0 Å². The van der Waals surface area contributed by atoms with Crippen molar-refractivity contribution in [3.63, 3.8) is 0 Å². The van der Waals surface area contributed by atoms with Crippen LogP contribution in [0.1, 0.15) is 5.56 Å². The van der Waals surface area contributed by atoms with Gasteiger partial charge in [-0.2, -0.15) is 5.10 Å². The molecule has 0 aliphatic heterocycles. The average molecular weight is 381 g/mol. The lowest BCUT2D eigenvalue weighted by molar-refractivity contribution is 0.618. The minimum atomic E-state index is -0.235. The third kappa shape index (κ3) is 3.01. The van der Waals surface area contributed by atoms with Crippen LogP contribution in [0.2, 0.25) is 0 Å². The van der Waals surface area contributed by atoms with Crippen molar-refractivity contribution in [1.29, 1.82) is 0 Å². The van der Waals surface area contributed by atoms with Gasteiger partial charge in [0, 0.05) is 10.7 Å². The highest BCUT2D eigenvalue weighted by molar-refractivity contribution is 14.1. The van der Waals surface area contributed by atoms with E-state index in [1.54, 1.807) is 10.9 Å². The Kier molecular flexibility index (Phi) is 3.40. The van der Waals surface area contributed by atoms with Crippen molar-refractivity contribution in [1.82, 2.24) is 9.78 Å². The molecular weight excluding hydrogens is 374 g/mol. The number of hydrogen-bond acceptors (Lipinski definition) is 1. The van der Waals surface area contributed by atoms with Crippen LogP contribution in [-0.4, -0.2) is 9.78 Å². The molecular formula is C10H7BrFIN2. The lowest BCUT2D eigenvalue weighted by atomic mass is 10.2. The molecule has 0 aliphatic carbocycles. The molecule has 0 unspecified atom stereocenters. The lowest BCUT2D eigenvalue weighted by Gasteiger charge is -2.02. The van der Waals surface area contributed by atoms with Crippen LogP contribution in [0.3, 0.4) is 0 Å². The number of benzene rings is 1. The molecule has 15 heavy (non-hydrogen) atoms. The van der Waals surface area contributed by atoms with Crippen molar-refractivity contribution in [3.05, 3.63) is 50.0 Å². The predicted molar refractivity (Wildman–Crippen MR) is 68.1 cm³/mol. The highest BCUT2D eigenvalue weighted by atomic mass is 127. The van der Waals surface area contributed by atoms with E-state index in [1.807, 2.05) is 12.3 Å². The molecule has 0 saturated carbocycles. The summed E-state index contributed by atoms with van der Waals surface area (Å²) in [5.41, 5.74) is 0.890. The van der Waals surface area contributed by atoms with Gasteiger partial charge in [0.2, 0.25) is 0 Å². The lowest BCUT2D eigenvalue weighted by Crippen LogP contribution is -2.00. The molecule has 2 aromatic rings. The maximum Gasteiger partial charge on any atom is 0.124 e. The van der Waals surface area contributed by atoms with Gasteiger partial charge in [0.05, 0.1) is 16.3 Å². The van der Waals surface area contributed by atoms with Gasteiger partial charge < -0.3 is 0 Å². The zero-order valence-electron chi connectivity index (χ0n) is 7.62. The third-order valence-corrected chi connectivity index (χ3v) is 2.88.